The summed E-state index contributed by atoms with van der Waals surface area (Å²) in [6.45, 7) is 46.5. The second-order valence-electron chi connectivity index (χ2n) is 31.7. The van der Waals surface area contributed by atoms with Crippen molar-refractivity contribution in [2.24, 2.45) is 35.5 Å². The number of carbonyl (C=O) groups is 3. The Bertz CT molecular complexity index is 5110. The molecule has 117 heavy (non-hydrogen) atoms. The molecule has 2 aliphatic rings. The molecule has 624 valence electrons. The highest BCUT2D eigenvalue weighted by atomic mass is 32.2. The molecule has 6 atom stereocenters. The van der Waals surface area contributed by atoms with Gasteiger partial charge < -0.3 is 37.5 Å². The van der Waals surface area contributed by atoms with E-state index in [-0.39, 0.29) is 69.9 Å². The zero-order valence-electron chi connectivity index (χ0n) is 70.4. The number of benzene rings is 5. The highest BCUT2D eigenvalue weighted by Gasteiger charge is 2.39. The number of carbonyl (C=O) groups excluding carboxylic acids is 3. The van der Waals surface area contributed by atoms with Crippen LogP contribution in [-0.2, 0) is 36.8 Å². The molecule has 12 rings (SSSR count). The molecule has 0 saturated heterocycles. The Kier molecular flexibility index (Phi) is 32.0. The van der Waals surface area contributed by atoms with Crippen molar-refractivity contribution in [2.75, 3.05) is 46.5 Å². The highest BCUT2D eigenvalue weighted by Crippen LogP contribution is 2.42. The Labute approximate surface area is 694 Å². The van der Waals surface area contributed by atoms with E-state index in [2.05, 4.69) is 107 Å². The molecule has 27 heteroatoms. The number of nitrogens with one attached hydrogen (secondary N) is 5. The van der Waals surface area contributed by atoms with Crippen LogP contribution in [0.25, 0.3) is 49.6 Å². The van der Waals surface area contributed by atoms with E-state index in [0.29, 0.717) is 93.7 Å². The molecule has 0 radical (unpaired) electrons. The van der Waals surface area contributed by atoms with E-state index in [9.17, 15) is 22.8 Å². The zero-order chi connectivity index (χ0) is 84.0. The molecule has 5 N–H and O–H groups in total. The molecule has 10 aromatic rings. The molecule has 5 heterocycles. The number of amides is 1. The fourth-order valence-electron chi connectivity index (χ4n) is 15.6. The van der Waals surface area contributed by atoms with Crippen LogP contribution in [0.1, 0.15) is 215 Å². The van der Waals surface area contributed by atoms with Gasteiger partial charge >= 0.3 is 34.5 Å². The number of imidazole rings is 1. The maximum Gasteiger partial charge on any atom is 0.331 e. The number of rotatable bonds is 34. The standard InChI is InChI=1S/C41H51N7O5S.C38H49N5O5S.C11H16N2O/c1-8-9-10-11-12-13-20-51-33-17-14-26(2)23-34(33)53-54(50)46-32-24-31(16-15-28(32)4)38-44-39-35(41(49)52-37-29(5)21-27(3)22-30(37)6)36(42-7)40(48(39)45-38)47-19-18-43-25-47;1-8-9-10-11-12-13-18-46-32-17-14-24(2)21-33(32)48-49(45)42-30-22-29(16-15-26(30)4)36-40-37-34(31(39-7)23-43(37)41-36)38(44)47-35-27(5)19-25(3)20-28(35)6;1-4-13(3)11-7-5-10(6-8-11)12-9(2)14/h14-19,23-25,27,29-30,37,46H,8-13,20-22H2,1-6H3,(H,44,45);14-17,21-23,25,27-28,35,42H,8-13,18-20H2,1-6H3,(H,40,41);5-8H,4H2,1-3H3,(H,12,14). The minimum absolute atomic E-state index is 0.0402. The van der Waals surface area contributed by atoms with E-state index >= 15 is 0 Å². The lowest BCUT2D eigenvalue weighted by molar-refractivity contribution is -0.114. The summed E-state index contributed by atoms with van der Waals surface area (Å²) in [5.74, 6) is 4.05. The Balaban J connectivity index is 0.000000212. The van der Waals surface area contributed by atoms with Crippen molar-refractivity contribution in [3.63, 3.8) is 0 Å². The fourth-order valence-corrected chi connectivity index (χ4v) is 17.1. The quantitative estimate of drug-likeness (QED) is 0.0142. The Morgan fingerprint density at radius 3 is 1.52 bits per heavy atom. The molecule has 6 unspecified atom stereocenters. The molecular formula is C90H116N14O11S2. The van der Waals surface area contributed by atoms with Crippen LogP contribution in [0.2, 0.25) is 0 Å². The third-order valence-electron chi connectivity index (χ3n) is 21.7. The number of nitrogens with zero attached hydrogens (tertiary/aromatic N) is 9. The average Bonchev–Trinajstić information content (AvgIpc) is 1.58. The number of esters is 2. The lowest BCUT2D eigenvalue weighted by Crippen LogP contribution is -2.37. The van der Waals surface area contributed by atoms with Crippen LogP contribution < -0.4 is 37.5 Å². The van der Waals surface area contributed by atoms with Crippen molar-refractivity contribution < 1.29 is 50.1 Å². The number of hydrogen-bond acceptors (Lipinski definition) is 15. The topological polar surface area (TPSA) is 273 Å². The van der Waals surface area contributed by atoms with E-state index in [4.69, 9.17) is 50.4 Å². The summed E-state index contributed by atoms with van der Waals surface area (Å²) in [7, 11) is 2.04. The summed E-state index contributed by atoms with van der Waals surface area (Å²) in [5.41, 5.74) is 9.27. The molecule has 0 bridgehead atoms. The molecular weight excluding hydrogens is 1520 g/mol. The average molecular weight is 1630 g/mol. The predicted octanol–water partition coefficient (Wildman–Crippen LogP) is 21.4. The van der Waals surface area contributed by atoms with E-state index < -0.39 is 34.5 Å². The number of hydrogen-bond donors (Lipinski definition) is 5. The van der Waals surface area contributed by atoms with Crippen LogP contribution in [-0.4, -0.2) is 104 Å². The molecule has 2 aliphatic carbocycles. The third kappa shape index (κ3) is 23.5. The molecule has 0 spiro atoms. The van der Waals surface area contributed by atoms with E-state index in [1.165, 1.54) is 58.3 Å². The van der Waals surface area contributed by atoms with E-state index in [1.54, 1.807) is 38.5 Å². The van der Waals surface area contributed by atoms with Gasteiger partial charge in [0.1, 0.15) is 29.2 Å². The van der Waals surface area contributed by atoms with Crippen LogP contribution in [0.15, 0.2) is 122 Å². The van der Waals surface area contributed by atoms with Crippen molar-refractivity contribution in [2.45, 2.75) is 212 Å². The van der Waals surface area contributed by atoms with Gasteiger partial charge in [-0.3, -0.25) is 33.5 Å². The van der Waals surface area contributed by atoms with E-state index in [0.717, 1.165) is 91.5 Å². The Morgan fingerprint density at radius 2 is 1.06 bits per heavy atom. The van der Waals surface area contributed by atoms with Crippen molar-refractivity contribution >= 4 is 85.8 Å². The number of aromatic amines is 2. The van der Waals surface area contributed by atoms with Crippen molar-refractivity contribution in [3.8, 4) is 51.6 Å². The van der Waals surface area contributed by atoms with Gasteiger partial charge in [-0.05, 0) is 192 Å². The van der Waals surface area contributed by atoms with Gasteiger partial charge in [-0.2, -0.15) is 8.42 Å². The normalized spacial score (nSPS) is 18.2. The molecule has 5 aromatic carbocycles. The van der Waals surface area contributed by atoms with Gasteiger partial charge in [-0.1, -0.05) is 156 Å². The van der Waals surface area contributed by atoms with Gasteiger partial charge in [-0.15, -0.1) is 0 Å². The van der Waals surface area contributed by atoms with E-state index in [1.807, 2.05) is 132 Å². The monoisotopic (exact) mass is 1630 g/mol. The maximum absolute atomic E-state index is 14.0. The van der Waals surface area contributed by atoms with Gasteiger partial charge in [0.2, 0.25) is 17.3 Å². The Morgan fingerprint density at radius 1 is 0.581 bits per heavy atom. The van der Waals surface area contributed by atoms with Crippen molar-refractivity contribution in [1.82, 2.24) is 38.7 Å². The number of aryl methyl sites for hydroxylation is 4. The highest BCUT2D eigenvalue weighted by molar-refractivity contribution is 7.82. The number of ether oxygens (including phenoxy) is 4. The summed E-state index contributed by atoms with van der Waals surface area (Å²) in [5, 5.41) is 9.21. The zero-order valence-corrected chi connectivity index (χ0v) is 72.1. The van der Waals surface area contributed by atoms with Gasteiger partial charge in [-0.25, -0.2) is 38.7 Å². The van der Waals surface area contributed by atoms with Crippen LogP contribution in [0.3, 0.4) is 0 Å². The summed E-state index contributed by atoms with van der Waals surface area (Å²) < 4.78 is 73.6. The number of H-pyrrole nitrogens is 2. The molecule has 1 amide bonds. The lowest BCUT2D eigenvalue weighted by atomic mass is 9.75. The molecule has 2 saturated carbocycles. The minimum atomic E-state index is -1.96. The largest absolute Gasteiger partial charge is 0.490 e. The summed E-state index contributed by atoms with van der Waals surface area (Å²) >= 11 is -3.88. The second-order valence-corrected chi connectivity index (χ2v) is 33.4. The smallest absolute Gasteiger partial charge is 0.331 e. The molecule has 5 aromatic heterocycles. The predicted molar refractivity (Wildman–Crippen MR) is 466 cm³/mol. The third-order valence-corrected chi connectivity index (χ3v) is 23.1. The molecule has 2 fully saturated rings. The van der Waals surface area contributed by atoms with Gasteiger partial charge in [0.25, 0.3) is 0 Å². The SMILES string of the molecule is CCN(C)c1ccc(NC(C)=O)cc1.[C-]#[N+]c1c(C(=O)OC2C(C)CC(C)CC2C)c2nc(-c3ccc(C)c(NS(=O)Oc4cc(C)ccc4OCCCCCCCC)c3)[nH]n2c1-n1ccnc1.[C-]#[N+]c1cn2[nH]c(-c3ccc(C)c(NS(=O)Oc4cc(C)ccc4OCCCCCCCC)c3)nc2c1C(=O)OC1C(C)CC(C)CC1C. The number of anilines is 4. The summed E-state index contributed by atoms with van der Waals surface area (Å²) in [6.07, 6.45) is 23.8. The first-order valence-electron chi connectivity index (χ1n) is 41.2. The van der Waals surface area contributed by atoms with Crippen LogP contribution >= 0.6 is 0 Å². The maximum atomic E-state index is 14.0. The van der Waals surface area contributed by atoms with Gasteiger partial charge in [0.05, 0.1) is 44.1 Å². The first-order valence-corrected chi connectivity index (χ1v) is 43.3. The first-order chi connectivity index (χ1) is 56.3. The van der Waals surface area contributed by atoms with Crippen molar-refractivity contribution in [1.29, 1.82) is 0 Å². The summed E-state index contributed by atoms with van der Waals surface area (Å²) in [6, 6.07) is 30.2. The minimum Gasteiger partial charge on any atom is -0.490 e. The summed E-state index contributed by atoms with van der Waals surface area (Å²) in [4.78, 5) is 61.6. The fraction of sp³-hybridized carbons (Fsp3) is 0.467. The van der Waals surface area contributed by atoms with Crippen molar-refractivity contribution in [3.05, 3.63) is 178 Å². The number of fused-ring (bicyclic) bond motifs is 2. The van der Waals surface area contributed by atoms with Gasteiger partial charge in [0.15, 0.2) is 45.9 Å². The molecule has 0 aliphatic heterocycles. The molecule has 25 nitrogen and oxygen atoms in total. The van der Waals surface area contributed by atoms with Crippen LogP contribution in [0.4, 0.5) is 34.1 Å². The Hall–Kier alpha value is -10.9. The van der Waals surface area contributed by atoms with Gasteiger partial charge in [0, 0.05) is 61.6 Å². The first kappa shape index (κ1) is 88.5. The van der Waals surface area contributed by atoms with Crippen LogP contribution in [0.5, 0.6) is 23.0 Å². The second kappa shape index (κ2) is 42.3. The lowest BCUT2D eigenvalue weighted by Gasteiger charge is -2.37. The number of aromatic nitrogens is 8. The van der Waals surface area contributed by atoms with Crippen LogP contribution in [0, 0.1) is 76.3 Å². The number of unbranched alkanes of at least 4 members (excludes halogenated alkanes) is 10.